The summed E-state index contributed by atoms with van der Waals surface area (Å²) in [6, 6.07) is -0.623. The highest BCUT2D eigenvalue weighted by molar-refractivity contribution is 5.72. The second-order valence-corrected chi connectivity index (χ2v) is 14.1. The molecule has 0 aromatic carbocycles. The van der Waals surface area contributed by atoms with Crippen LogP contribution in [0.4, 0.5) is 0 Å². The predicted molar refractivity (Wildman–Crippen MR) is 211 cm³/mol. The molecule has 0 aromatic heterocycles. The van der Waals surface area contributed by atoms with Crippen molar-refractivity contribution in [3.8, 4) is 0 Å². The van der Waals surface area contributed by atoms with Crippen molar-refractivity contribution in [1.82, 2.24) is 0 Å². The summed E-state index contributed by atoms with van der Waals surface area (Å²) < 4.78 is 17.1. The number of hydrogen-bond donors (Lipinski definition) is 1. The first-order valence-electron chi connectivity index (χ1n) is 19.8. The molecular weight excluding hydrogens is 642 g/mol. The molecule has 0 heterocycles. The summed E-state index contributed by atoms with van der Waals surface area (Å²) >= 11 is 0. The fraction of sp³-hybridized carbons (Fsp3) is 0.698. The highest BCUT2D eigenvalue weighted by Crippen LogP contribution is 2.13. The fourth-order valence-electron chi connectivity index (χ4n) is 5.40. The zero-order chi connectivity index (χ0) is 37.8. The molecule has 2 atom stereocenters. The summed E-state index contributed by atoms with van der Waals surface area (Å²) in [5.41, 5.74) is 0. The topological polar surface area (TPSA) is 99.1 Å². The third kappa shape index (κ3) is 32.7. The maximum absolute atomic E-state index is 12.5. The number of carboxylic acid groups (broad SMARTS) is 1. The largest absolute Gasteiger partial charge is 0.477 e. The Morgan fingerprint density at radius 1 is 0.588 bits per heavy atom. The lowest BCUT2D eigenvalue weighted by molar-refractivity contribution is -0.887. The van der Waals surface area contributed by atoms with Crippen LogP contribution in [-0.2, 0) is 28.6 Å². The van der Waals surface area contributed by atoms with Crippen LogP contribution in [-0.4, -0.2) is 80.6 Å². The second-order valence-electron chi connectivity index (χ2n) is 14.1. The van der Waals surface area contributed by atoms with E-state index in [2.05, 4.69) is 62.5 Å². The van der Waals surface area contributed by atoms with E-state index in [1.807, 2.05) is 33.3 Å². The number of likely N-dealkylation sites (N-methyl/N-ethyl adjacent to an activating group) is 1. The van der Waals surface area contributed by atoms with E-state index in [0.29, 0.717) is 19.3 Å². The number of unbranched alkanes of at least 4 members (excludes halogenated alkanes) is 10. The van der Waals surface area contributed by atoms with Crippen LogP contribution in [0.3, 0.4) is 0 Å². The van der Waals surface area contributed by atoms with Gasteiger partial charge in [0.15, 0.2) is 12.1 Å². The standard InChI is InChI=1S/C43H73NO7/c1-6-8-10-12-14-15-16-17-18-19-20-21-22-23-24-25-26-28-29-31-33-41(45)50-38-39(37-49-36-35-40(43(47)48)44(3,4)5)51-42(46)34-32-30-27-13-11-9-7-2/h8-11,14-15,17-18,27,30,39-40H,6-7,12-13,16,19-26,28-29,31-38H2,1-5H3/p+1/b10-8+,11-9+,15-14+,18-17+,30-27+. The Balaban J connectivity index is 4.24. The Morgan fingerprint density at radius 2 is 1.08 bits per heavy atom. The van der Waals surface area contributed by atoms with Crippen molar-refractivity contribution in [1.29, 1.82) is 0 Å². The first-order chi connectivity index (χ1) is 24.6. The van der Waals surface area contributed by atoms with Crippen molar-refractivity contribution in [2.45, 2.75) is 154 Å². The molecule has 0 aliphatic rings. The maximum atomic E-state index is 12.5. The van der Waals surface area contributed by atoms with Gasteiger partial charge < -0.3 is 23.8 Å². The zero-order valence-electron chi connectivity index (χ0n) is 33.0. The Labute approximate surface area is 311 Å². The number of aliphatic carboxylic acids is 1. The van der Waals surface area contributed by atoms with E-state index in [-0.39, 0.29) is 42.7 Å². The molecule has 0 saturated carbocycles. The molecule has 0 aromatic rings. The summed E-state index contributed by atoms with van der Waals surface area (Å²) in [4.78, 5) is 36.6. The minimum absolute atomic E-state index is 0.0344. The molecule has 0 amide bonds. The monoisotopic (exact) mass is 717 g/mol. The third-order valence-corrected chi connectivity index (χ3v) is 8.43. The Morgan fingerprint density at radius 3 is 1.61 bits per heavy atom. The maximum Gasteiger partial charge on any atom is 0.362 e. The van der Waals surface area contributed by atoms with Gasteiger partial charge in [-0.3, -0.25) is 9.59 Å². The van der Waals surface area contributed by atoms with Crippen LogP contribution in [0.5, 0.6) is 0 Å². The van der Waals surface area contributed by atoms with E-state index >= 15 is 0 Å². The van der Waals surface area contributed by atoms with Gasteiger partial charge in [-0.1, -0.05) is 126 Å². The van der Waals surface area contributed by atoms with Gasteiger partial charge in [0.2, 0.25) is 0 Å². The van der Waals surface area contributed by atoms with Crippen LogP contribution in [0.1, 0.15) is 142 Å². The highest BCUT2D eigenvalue weighted by Gasteiger charge is 2.31. The molecule has 51 heavy (non-hydrogen) atoms. The summed E-state index contributed by atoms with van der Waals surface area (Å²) in [6.07, 6.45) is 40.2. The molecule has 0 bridgehead atoms. The number of ether oxygens (including phenoxy) is 3. The average Bonchev–Trinajstić information content (AvgIpc) is 3.08. The number of hydrogen-bond acceptors (Lipinski definition) is 6. The quantitative estimate of drug-likeness (QED) is 0.0306. The molecule has 0 radical (unpaired) electrons. The Kier molecular flexibility index (Phi) is 32.1. The van der Waals surface area contributed by atoms with E-state index in [1.54, 1.807) is 0 Å². The normalized spacial score (nSPS) is 13.7. The molecule has 0 rings (SSSR count). The molecule has 8 heteroatoms. The van der Waals surface area contributed by atoms with Gasteiger partial charge in [-0.05, 0) is 57.8 Å². The molecule has 1 N–H and O–H groups in total. The van der Waals surface area contributed by atoms with E-state index < -0.39 is 18.1 Å². The number of esters is 2. The Hall–Kier alpha value is -2.97. The van der Waals surface area contributed by atoms with Gasteiger partial charge in [-0.15, -0.1) is 0 Å². The van der Waals surface area contributed by atoms with Gasteiger partial charge in [0.05, 0.1) is 34.4 Å². The van der Waals surface area contributed by atoms with Gasteiger partial charge in [0, 0.05) is 19.3 Å². The average molecular weight is 717 g/mol. The first-order valence-corrected chi connectivity index (χ1v) is 19.8. The zero-order valence-corrected chi connectivity index (χ0v) is 33.0. The van der Waals surface area contributed by atoms with Crippen LogP contribution < -0.4 is 0 Å². The molecule has 0 fully saturated rings. The van der Waals surface area contributed by atoms with E-state index in [1.165, 1.54) is 51.4 Å². The first kappa shape index (κ1) is 48.0. The minimum atomic E-state index is -0.887. The number of rotatable bonds is 34. The molecule has 0 aliphatic heterocycles. The summed E-state index contributed by atoms with van der Waals surface area (Å²) in [5.74, 6) is -1.58. The molecule has 8 nitrogen and oxygen atoms in total. The van der Waals surface area contributed by atoms with Crippen molar-refractivity contribution < 1.29 is 38.2 Å². The smallest absolute Gasteiger partial charge is 0.362 e. The third-order valence-electron chi connectivity index (χ3n) is 8.43. The van der Waals surface area contributed by atoms with Gasteiger partial charge in [-0.2, -0.15) is 0 Å². The van der Waals surface area contributed by atoms with Crippen LogP contribution >= 0.6 is 0 Å². The number of quaternary nitrogens is 1. The van der Waals surface area contributed by atoms with Crippen LogP contribution in [0.25, 0.3) is 0 Å². The SMILES string of the molecule is CC/C=C/C/C=C/C/C=C/CCCCCCCCCCCCC(=O)OCC(COCCC(C(=O)O)[N+](C)(C)C)OC(=O)CC/C=C/C/C=C/CC. The lowest BCUT2D eigenvalue weighted by Crippen LogP contribution is -2.50. The van der Waals surface area contributed by atoms with Crippen LogP contribution in [0, 0.1) is 0 Å². The number of carbonyl (C=O) groups excluding carboxylic acids is 2. The highest BCUT2D eigenvalue weighted by atomic mass is 16.6. The number of allylic oxidation sites excluding steroid dienone is 10. The van der Waals surface area contributed by atoms with Gasteiger partial charge in [0.25, 0.3) is 0 Å². The molecule has 292 valence electrons. The van der Waals surface area contributed by atoms with Crippen molar-refractivity contribution in [3.63, 3.8) is 0 Å². The van der Waals surface area contributed by atoms with Crippen molar-refractivity contribution in [2.75, 3.05) is 41.0 Å². The number of nitrogens with zero attached hydrogens (tertiary/aromatic N) is 1. The van der Waals surface area contributed by atoms with E-state index in [9.17, 15) is 19.5 Å². The van der Waals surface area contributed by atoms with Crippen LogP contribution in [0.15, 0.2) is 60.8 Å². The summed E-state index contributed by atoms with van der Waals surface area (Å²) in [6.45, 7) is 4.39. The number of carbonyl (C=O) groups is 3. The lowest BCUT2D eigenvalue weighted by atomic mass is 10.1. The van der Waals surface area contributed by atoms with Crippen molar-refractivity contribution in [2.24, 2.45) is 0 Å². The second kappa shape index (κ2) is 34.1. The predicted octanol–water partition coefficient (Wildman–Crippen LogP) is 10.2. The van der Waals surface area contributed by atoms with E-state index in [4.69, 9.17) is 14.2 Å². The Bertz CT molecular complexity index is 1020. The molecular formula is C43H74NO7+. The van der Waals surface area contributed by atoms with E-state index in [0.717, 1.165) is 51.4 Å². The molecule has 0 aliphatic carbocycles. The summed E-state index contributed by atoms with van der Waals surface area (Å²) in [5, 5.41) is 9.56. The van der Waals surface area contributed by atoms with Gasteiger partial charge in [0.1, 0.15) is 6.61 Å². The van der Waals surface area contributed by atoms with Crippen molar-refractivity contribution >= 4 is 17.9 Å². The van der Waals surface area contributed by atoms with Crippen LogP contribution in [0.2, 0.25) is 0 Å². The van der Waals surface area contributed by atoms with Crippen molar-refractivity contribution in [3.05, 3.63) is 60.8 Å². The van der Waals surface area contributed by atoms with Gasteiger partial charge in [-0.25, -0.2) is 4.79 Å². The van der Waals surface area contributed by atoms with Gasteiger partial charge >= 0.3 is 17.9 Å². The lowest BCUT2D eigenvalue weighted by Gasteiger charge is -2.31. The molecule has 2 unspecified atom stereocenters. The fourth-order valence-corrected chi connectivity index (χ4v) is 5.40. The molecule has 0 saturated heterocycles. The summed E-state index contributed by atoms with van der Waals surface area (Å²) in [7, 11) is 5.48. The molecule has 0 spiro atoms. The minimum Gasteiger partial charge on any atom is -0.477 e. The number of carboxylic acids is 1.